The Hall–Kier alpha value is -2.00. The molecule has 0 saturated carbocycles. The van der Waals surface area contributed by atoms with Crippen LogP contribution in [0, 0.1) is 6.92 Å². The fraction of sp³-hybridized carbons (Fsp3) is 0.333. The zero-order valence-corrected chi connectivity index (χ0v) is 12.9. The Labute approximate surface area is 127 Å². The van der Waals surface area contributed by atoms with Gasteiger partial charge in [-0.25, -0.2) is 0 Å². The average Bonchev–Trinajstić information content (AvgIpc) is 2.51. The van der Waals surface area contributed by atoms with Crippen LogP contribution in [0.3, 0.4) is 0 Å². The fourth-order valence-electron chi connectivity index (χ4n) is 2.49. The quantitative estimate of drug-likeness (QED) is 0.847. The van der Waals surface area contributed by atoms with Gasteiger partial charge in [-0.1, -0.05) is 42.0 Å². The first kappa shape index (κ1) is 15.4. The number of para-hydroxylation sites is 2. The van der Waals surface area contributed by atoms with Crippen molar-refractivity contribution < 1.29 is 4.74 Å². The van der Waals surface area contributed by atoms with Gasteiger partial charge in [0.05, 0.1) is 12.8 Å². The third-order valence-electron chi connectivity index (χ3n) is 3.51. The molecular weight excluding hydrogens is 260 g/mol. The van der Waals surface area contributed by atoms with Crippen LogP contribution < -0.4 is 15.4 Å². The third kappa shape index (κ3) is 4.23. The summed E-state index contributed by atoms with van der Waals surface area (Å²) in [6, 6.07) is 16.8. The molecule has 0 heterocycles. The van der Waals surface area contributed by atoms with E-state index in [1.165, 1.54) is 11.1 Å². The molecule has 0 bridgehead atoms. The first-order valence-electron chi connectivity index (χ1n) is 7.38. The second-order valence-electron chi connectivity index (χ2n) is 5.22. The Balaban J connectivity index is 2.25. The monoisotopic (exact) mass is 284 g/mol. The largest absolute Gasteiger partial charge is 0.495 e. The summed E-state index contributed by atoms with van der Waals surface area (Å²) in [5.41, 5.74) is 9.39. The standard InChI is InChI=1S/C18H24N2O/c1-15-7-5-8-16(13-15)14-20(12-6-11-19)17-9-3-4-10-18(17)21-2/h3-5,7-10,13H,6,11-12,14,19H2,1-2H3. The van der Waals surface area contributed by atoms with Crippen molar-refractivity contribution in [2.75, 3.05) is 25.1 Å². The number of anilines is 1. The molecule has 2 N–H and O–H groups in total. The van der Waals surface area contributed by atoms with E-state index < -0.39 is 0 Å². The second kappa shape index (κ2) is 7.70. The van der Waals surface area contributed by atoms with Crippen molar-refractivity contribution in [1.29, 1.82) is 0 Å². The number of rotatable bonds is 7. The average molecular weight is 284 g/mol. The van der Waals surface area contributed by atoms with E-state index in [0.29, 0.717) is 6.54 Å². The molecule has 0 unspecified atom stereocenters. The molecular formula is C18H24N2O. The topological polar surface area (TPSA) is 38.5 Å². The van der Waals surface area contributed by atoms with Crippen LogP contribution in [0.2, 0.25) is 0 Å². The Bertz CT molecular complexity index is 569. The molecule has 0 amide bonds. The van der Waals surface area contributed by atoms with Gasteiger partial charge in [-0.3, -0.25) is 0 Å². The summed E-state index contributed by atoms with van der Waals surface area (Å²) in [5.74, 6) is 0.905. The number of ether oxygens (including phenoxy) is 1. The van der Waals surface area contributed by atoms with Crippen LogP contribution in [0.15, 0.2) is 48.5 Å². The fourth-order valence-corrected chi connectivity index (χ4v) is 2.49. The van der Waals surface area contributed by atoms with Crippen LogP contribution in [-0.4, -0.2) is 20.2 Å². The normalized spacial score (nSPS) is 10.4. The molecule has 0 radical (unpaired) electrons. The van der Waals surface area contributed by atoms with Crippen LogP contribution in [-0.2, 0) is 6.54 Å². The Kier molecular flexibility index (Phi) is 5.64. The van der Waals surface area contributed by atoms with Gasteiger partial charge < -0.3 is 15.4 Å². The first-order chi connectivity index (χ1) is 10.2. The lowest BCUT2D eigenvalue weighted by molar-refractivity contribution is 0.414. The van der Waals surface area contributed by atoms with E-state index >= 15 is 0 Å². The molecule has 3 nitrogen and oxygen atoms in total. The van der Waals surface area contributed by atoms with Gasteiger partial charge in [0.2, 0.25) is 0 Å². The van der Waals surface area contributed by atoms with Gasteiger partial charge in [-0.15, -0.1) is 0 Å². The third-order valence-corrected chi connectivity index (χ3v) is 3.51. The predicted molar refractivity (Wildman–Crippen MR) is 88.9 cm³/mol. The smallest absolute Gasteiger partial charge is 0.142 e. The Morgan fingerprint density at radius 1 is 1.10 bits per heavy atom. The number of hydrogen-bond donors (Lipinski definition) is 1. The summed E-state index contributed by atoms with van der Waals surface area (Å²) in [5, 5.41) is 0. The molecule has 0 aliphatic heterocycles. The zero-order chi connectivity index (χ0) is 15.1. The minimum Gasteiger partial charge on any atom is -0.495 e. The van der Waals surface area contributed by atoms with E-state index in [2.05, 4.69) is 42.2 Å². The van der Waals surface area contributed by atoms with E-state index in [1.54, 1.807) is 7.11 Å². The molecule has 0 fully saturated rings. The Morgan fingerprint density at radius 3 is 2.62 bits per heavy atom. The van der Waals surface area contributed by atoms with Gasteiger partial charge >= 0.3 is 0 Å². The number of methoxy groups -OCH3 is 1. The molecule has 2 rings (SSSR count). The molecule has 0 saturated heterocycles. The van der Waals surface area contributed by atoms with Crippen LogP contribution in [0.5, 0.6) is 5.75 Å². The summed E-state index contributed by atoms with van der Waals surface area (Å²) in [6.07, 6.45) is 0.962. The molecule has 0 spiro atoms. The SMILES string of the molecule is COc1ccccc1N(CCCN)Cc1cccc(C)c1. The lowest BCUT2D eigenvalue weighted by atomic mass is 10.1. The highest BCUT2D eigenvalue weighted by molar-refractivity contribution is 5.58. The zero-order valence-electron chi connectivity index (χ0n) is 12.9. The minimum atomic E-state index is 0.694. The van der Waals surface area contributed by atoms with Crippen LogP contribution in [0.1, 0.15) is 17.5 Å². The molecule has 21 heavy (non-hydrogen) atoms. The van der Waals surface area contributed by atoms with Gasteiger partial charge in [0.15, 0.2) is 0 Å². The summed E-state index contributed by atoms with van der Waals surface area (Å²) in [7, 11) is 1.71. The van der Waals surface area contributed by atoms with Crippen molar-refractivity contribution >= 4 is 5.69 Å². The van der Waals surface area contributed by atoms with Crippen molar-refractivity contribution in [1.82, 2.24) is 0 Å². The molecule has 3 heteroatoms. The van der Waals surface area contributed by atoms with E-state index in [1.807, 2.05) is 18.2 Å². The number of hydrogen-bond acceptors (Lipinski definition) is 3. The summed E-state index contributed by atoms with van der Waals surface area (Å²) in [6.45, 7) is 4.60. The summed E-state index contributed by atoms with van der Waals surface area (Å²) < 4.78 is 5.49. The first-order valence-corrected chi connectivity index (χ1v) is 7.38. The van der Waals surface area contributed by atoms with Crippen molar-refractivity contribution in [2.45, 2.75) is 19.9 Å². The predicted octanol–water partition coefficient (Wildman–Crippen LogP) is 3.36. The van der Waals surface area contributed by atoms with E-state index in [-0.39, 0.29) is 0 Å². The molecule has 0 aliphatic rings. The maximum absolute atomic E-state index is 5.69. The van der Waals surface area contributed by atoms with Gasteiger partial charge in [0.1, 0.15) is 5.75 Å². The van der Waals surface area contributed by atoms with E-state index in [4.69, 9.17) is 10.5 Å². The highest BCUT2D eigenvalue weighted by Crippen LogP contribution is 2.29. The number of benzene rings is 2. The molecule has 2 aromatic rings. The molecule has 112 valence electrons. The maximum atomic E-state index is 5.69. The number of nitrogens with two attached hydrogens (primary N) is 1. The number of aryl methyl sites for hydroxylation is 1. The highest BCUT2D eigenvalue weighted by atomic mass is 16.5. The summed E-state index contributed by atoms with van der Waals surface area (Å²) >= 11 is 0. The molecule has 2 aromatic carbocycles. The highest BCUT2D eigenvalue weighted by Gasteiger charge is 2.11. The van der Waals surface area contributed by atoms with E-state index in [0.717, 1.165) is 30.9 Å². The second-order valence-corrected chi connectivity index (χ2v) is 5.22. The van der Waals surface area contributed by atoms with Gasteiger partial charge in [0, 0.05) is 13.1 Å². The minimum absolute atomic E-state index is 0.694. The lowest BCUT2D eigenvalue weighted by Gasteiger charge is -2.26. The lowest BCUT2D eigenvalue weighted by Crippen LogP contribution is -2.26. The van der Waals surface area contributed by atoms with Gasteiger partial charge in [0.25, 0.3) is 0 Å². The Morgan fingerprint density at radius 2 is 1.90 bits per heavy atom. The number of nitrogens with zero attached hydrogens (tertiary/aromatic N) is 1. The maximum Gasteiger partial charge on any atom is 0.142 e. The molecule has 0 aromatic heterocycles. The van der Waals surface area contributed by atoms with Crippen LogP contribution >= 0.6 is 0 Å². The van der Waals surface area contributed by atoms with Gasteiger partial charge in [-0.05, 0) is 37.6 Å². The van der Waals surface area contributed by atoms with Gasteiger partial charge in [-0.2, -0.15) is 0 Å². The van der Waals surface area contributed by atoms with Crippen molar-refractivity contribution in [3.8, 4) is 5.75 Å². The van der Waals surface area contributed by atoms with Crippen LogP contribution in [0.25, 0.3) is 0 Å². The molecule has 0 aliphatic carbocycles. The van der Waals surface area contributed by atoms with Crippen molar-refractivity contribution in [3.05, 3.63) is 59.7 Å². The van der Waals surface area contributed by atoms with Crippen molar-refractivity contribution in [2.24, 2.45) is 5.73 Å². The summed E-state index contributed by atoms with van der Waals surface area (Å²) in [4.78, 5) is 2.33. The molecule has 0 atom stereocenters. The van der Waals surface area contributed by atoms with Crippen molar-refractivity contribution in [3.63, 3.8) is 0 Å². The van der Waals surface area contributed by atoms with Crippen LogP contribution in [0.4, 0.5) is 5.69 Å². The van der Waals surface area contributed by atoms with E-state index in [9.17, 15) is 0 Å².